The van der Waals surface area contributed by atoms with E-state index in [1.54, 1.807) is 0 Å². The van der Waals surface area contributed by atoms with Gasteiger partial charge < -0.3 is 10.3 Å². The van der Waals surface area contributed by atoms with Crippen LogP contribution in [0.25, 0.3) is 11.3 Å². The van der Waals surface area contributed by atoms with Gasteiger partial charge in [-0.2, -0.15) is 0 Å². The molecule has 3 rings (SSSR count). The molecular formula is C16H21N3. The third kappa shape index (κ3) is 2.56. The van der Waals surface area contributed by atoms with Gasteiger partial charge in [0.15, 0.2) is 0 Å². The number of aromatic nitrogens is 2. The SMILES string of the molecule is Cc1ccc(-c2cnc(C3CCCCN3)[nH]2)cc1C. The van der Waals surface area contributed by atoms with Crippen molar-refractivity contribution in [1.29, 1.82) is 0 Å². The maximum Gasteiger partial charge on any atom is 0.123 e. The zero-order valence-corrected chi connectivity index (χ0v) is 11.7. The predicted molar refractivity (Wildman–Crippen MR) is 78.1 cm³/mol. The van der Waals surface area contributed by atoms with E-state index in [1.165, 1.54) is 36.0 Å². The van der Waals surface area contributed by atoms with E-state index in [0.29, 0.717) is 6.04 Å². The van der Waals surface area contributed by atoms with Gasteiger partial charge in [0.05, 0.1) is 17.9 Å². The molecule has 0 spiro atoms. The molecule has 1 fully saturated rings. The highest BCUT2D eigenvalue weighted by molar-refractivity contribution is 5.60. The van der Waals surface area contributed by atoms with E-state index >= 15 is 0 Å². The van der Waals surface area contributed by atoms with Gasteiger partial charge in [-0.15, -0.1) is 0 Å². The van der Waals surface area contributed by atoms with E-state index in [4.69, 9.17) is 0 Å². The molecule has 0 saturated carbocycles. The Balaban J connectivity index is 1.85. The maximum atomic E-state index is 4.55. The van der Waals surface area contributed by atoms with Crippen LogP contribution >= 0.6 is 0 Å². The van der Waals surface area contributed by atoms with Crippen LogP contribution in [0.3, 0.4) is 0 Å². The van der Waals surface area contributed by atoms with Gasteiger partial charge in [0, 0.05) is 0 Å². The first-order chi connectivity index (χ1) is 9.24. The van der Waals surface area contributed by atoms with Crippen molar-refractivity contribution in [3.63, 3.8) is 0 Å². The normalized spacial score (nSPS) is 19.6. The Kier molecular flexibility index (Phi) is 3.38. The zero-order chi connectivity index (χ0) is 13.2. The number of rotatable bonds is 2. The lowest BCUT2D eigenvalue weighted by atomic mass is 10.0. The summed E-state index contributed by atoms with van der Waals surface area (Å²) < 4.78 is 0. The maximum absolute atomic E-state index is 4.55. The highest BCUT2D eigenvalue weighted by Gasteiger charge is 2.17. The van der Waals surface area contributed by atoms with Gasteiger partial charge in [-0.3, -0.25) is 0 Å². The Bertz CT molecular complexity index is 565. The number of benzene rings is 1. The predicted octanol–water partition coefficient (Wildman–Crippen LogP) is 3.51. The molecule has 1 aromatic heterocycles. The summed E-state index contributed by atoms with van der Waals surface area (Å²) in [5, 5.41) is 3.53. The lowest BCUT2D eigenvalue weighted by Crippen LogP contribution is -2.27. The number of nitrogens with zero attached hydrogens (tertiary/aromatic N) is 1. The minimum Gasteiger partial charge on any atom is -0.341 e. The highest BCUT2D eigenvalue weighted by atomic mass is 15.0. The van der Waals surface area contributed by atoms with Gasteiger partial charge in [-0.1, -0.05) is 18.6 Å². The minimum atomic E-state index is 0.397. The number of aromatic amines is 1. The van der Waals surface area contributed by atoms with Crippen LogP contribution in [0.4, 0.5) is 0 Å². The number of aryl methyl sites for hydroxylation is 2. The second-order valence-corrected chi connectivity index (χ2v) is 5.48. The van der Waals surface area contributed by atoms with Gasteiger partial charge in [0.1, 0.15) is 5.82 Å². The van der Waals surface area contributed by atoms with Crippen LogP contribution < -0.4 is 5.32 Å². The van der Waals surface area contributed by atoms with Crippen LogP contribution in [-0.2, 0) is 0 Å². The highest BCUT2D eigenvalue weighted by Crippen LogP contribution is 2.25. The molecule has 0 bridgehead atoms. The Morgan fingerprint density at radius 2 is 2.05 bits per heavy atom. The largest absolute Gasteiger partial charge is 0.341 e. The van der Waals surface area contributed by atoms with Gasteiger partial charge in [0.25, 0.3) is 0 Å². The lowest BCUT2D eigenvalue weighted by molar-refractivity contribution is 0.399. The first-order valence-electron chi connectivity index (χ1n) is 7.10. The molecule has 100 valence electrons. The molecule has 1 saturated heterocycles. The molecule has 1 aliphatic rings. The molecule has 0 aliphatic carbocycles. The fraction of sp³-hybridized carbons (Fsp3) is 0.438. The van der Waals surface area contributed by atoms with Crippen molar-refractivity contribution in [3.8, 4) is 11.3 Å². The first-order valence-corrected chi connectivity index (χ1v) is 7.10. The summed E-state index contributed by atoms with van der Waals surface area (Å²) in [5.74, 6) is 1.08. The summed E-state index contributed by atoms with van der Waals surface area (Å²) in [4.78, 5) is 8.02. The van der Waals surface area contributed by atoms with E-state index in [1.807, 2.05) is 6.20 Å². The zero-order valence-electron chi connectivity index (χ0n) is 11.7. The minimum absolute atomic E-state index is 0.397. The number of H-pyrrole nitrogens is 1. The number of hydrogen-bond acceptors (Lipinski definition) is 2. The molecule has 1 aromatic carbocycles. The van der Waals surface area contributed by atoms with Crippen LogP contribution in [-0.4, -0.2) is 16.5 Å². The molecule has 2 N–H and O–H groups in total. The van der Waals surface area contributed by atoms with Crippen molar-refractivity contribution in [2.45, 2.75) is 39.2 Å². The smallest absolute Gasteiger partial charge is 0.123 e. The van der Waals surface area contributed by atoms with Crippen molar-refractivity contribution >= 4 is 0 Å². The second kappa shape index (κ2) is 5.17. The number of piperidine rings is 1. The Labute approximate surface area is 114 Å². The summed E-state index contributed by atoms with van der Waals surface area (Å²) >= 11 is 0. The molecule has 1 atom stereocenters. The van der Waals surface area contributed by atoms with Gasteiger partial charge in [-0.05, 0) is 56.0 Å². The van der Waals surface area contributed by atoms with Crippen LogP contribution in [0.2, 0.25) is 0 Å². The molecule has 3 heteroatoms. The average Bonchev–Trinajstić information content (AvgIpc) is 2.93. The third-order valence-electron chi connectivity index (χ3n) is 4.05. The molecule has 0 radical (unpaired) electrons. The summed E-state index contributed by atoms with van der Waals surface area (Å²) in [6.45, 7) is 5.40. The van der Waals surface area contributed by atoms with Crippen molar-refractivity contribution in [1.82, 2.24) is 15.3 Å². The average molecular weight is 255 g/mol. The van der Waals surface area contributed by atoms with Crippen molar-refractivity contribution in [2.75, 3.05) is 6.54 Å². The van der Waals surface area contributed by atoms with E-state index in [2.05, 4.69) is 47.3 Å². The fourth-order valence-corrected chi connectivity index (χ4v) is 2.65. The molecule has 2 aromatic rings. The van der Waals surface area contributed by atoms with Crippen LogP contribution in [0.1, 0.15) is 42.3 Å². The van der Waals surface area contributed by atoms with Crippen LogP contribution in [0, 0.1) is 13.8 Å². The summed E-state index contributed by atoms with van der Waals surface area (Å²) in [6.07, 6.45) is 5.70. The molecule has 0 amide bonds. The van der Waals surface area contributed by atoms with Crippen molar-refractivity contribution in [3.05, 3.63) is 41.3 Å². The summed E-state index contributed by atoms with van der Waals surface area (Å²) in [5.41, 5.74) is 4.99. The van der Waals surface area contributed by atoms with Gasteiger partial charge >= 0.3 is 0 Å². The topological polar surface area (TPSA) is 40.7 Å². The van der Waals surface area contributed by atoms with Crippen LogP contribution in [0.5, 0.6) is 0 Å². The number of nitrogens with one attached hydrogen (secondary N) is 2. The number of hydrogen-bond donors (Lipinski definition) is 2. The fourth-order valence-electron chi connectivity index (χ4n) is 2.65. The molecular weight excluding hydrogens is 234 g/mol. The van der Waals surface area contributed by atoms with E-state index in [9.17, 15) is 0 Å². The number of imidazole rings is 1. The lowest BCUT2D eigenvalue weighted by Gasteiger charge is -2.21. The van der Waals surface area contributed by atoms with Gasteiger partial charge in [-0.25, -0.2) is 4.98 Å². The van der Waals surface area contributed by atoms with Gasteiger partial charge in [0.2, 0.25) is 0 Å². The Morgan fingerprint density at radius 3 is 2.79 bits per heavy atom. The Morgan fingerprint density at radius 1 is 1.16 bits per heavy atom. The monoisotopic (exact) mass is 255 g/mol. The van der Waals surface area contributed by atoms with E-state index < -0.39 is 0 Å². The molecule has 19 heavy (non-hydrogen) atoms. The molecule has 1 unspecified atom stereocenters. The quantitative estimate of drug-likeness (QED) is 0.862. The summed E-state index contributed by atoms with van der Waals surface area (Å²) in [7, 11) is 0. The van der Waals surface area contributed by atoms with Crippen molar-refractivity contribution < 1.29 is 0 Å². The third-order valence-corrected chi connectivity index (χ3v) is 4.05. The molecule has 2 heterocycles. The molecule has 3 nitrogen and oxygen atoms in total. The summed E-state index contributed by atoms with van der Waals surface area (Å²) in [6, 6.07) is 6.95. The first kappa shape index (κ1) is 12.4. The second-order valence-electron chi connectivity index (χ2n) is 5.48. The van der Waals surface area contributed by atoms with E-state index in [0.717, 1.165) is 18.1 Å². The van der Waals surface area contributed by atoms with E-state index in [-0.39, 0.29) is 0 Å². The molecule has 1 aliphatic heterocycles. The van der Waals surface area contributed by atoms with Crippen molar-refractivity contribution in [2.24, 2.45) is 0 Å². The Hall–Kier alpha value is -1.61. The standard InChI is InChI=1S/C16H21N3/c1-11-6-7-13(9-12(11)2)15-10-18-16(19-15)14-5-3-4-8-17-14/h6-7,9-10,14,17H,3-5,8H2,1-2H3,(H,18,19). The van der Waals surface area contributed by atoms with Crippen LogP contribution in [0.15, 0.2) is 24.4 Å².